The van der Waals surface area contributed by atoms with E-state index in [1.54, 1.807) is 92.7 Å². The average molecular weight is 1100 g/mol. The zero-order valence-corrected chi connectivity index (χ0v) is 46.1. The molecule has 11 atom stereocenters. The molecule has 1 saturated heterocycles. The lowest BCUT2D eigenvalue weighted by Gasteiger charge is -2.67. The van der Waals surface area contributed by atoms with Crippen LogP contribution >= 0.6 is 0 Å². The molecule has 4 aromatic rings. The highest BCUT2D eigenvalue weighted by Crippen LogP contribution is 2.64. The average Bonchev–Trinajstić information content (AvgIpc) is 3.56. The van der Waals surface area contributed by atoms with Gasteiger partial charge >= 0.3 is 29.8 Å². The molecule has 1 heterocycles. The van der Waals surface area contributed by atoms with Gasteiger partial charge in [-0.25, -0.2) is 14.4 Å². The van der Waals surface area contributed by atoms with Gasteiger partial charge in [0, 0.05) is 56.3 Å². The maximum absolute atomic E-state index is 15.9. The molecule has 0 radical (unpaired) electrons. The van der Waals surface area contributed by atoms with Crippen molar-refractivity contribution in [1.29, 1.82) is 0 Å². The number of benzene rings is 4. The number of nitrogens with one attached hydrogen (secondary N) is 2. The van der Waals surface area contributed by atoms with E-state index in [4.69, 9.17) is 28.4 Å². The second kappa shape index (κ2) is 23.6. The number of esters is 5. The number of hydrogen-bond acceptors (Lipinski definition) is 17. The standard InChI is InChI=1S/C61H69N3O16/c1-9-64(10-2)31-30-62-53(69)40-26-28-42(29-27-40)55(71)78-49(47(38-20-14-11-15-21-38)63-54(70)39-22-16-12-17-23-39)57(73)77-43-33-61(74)52(79-56(72)41-24-18-13-19-25-41)50-59(8,44(67)32-45-60(50,34-75-45)80-37(5)66)51(68)48(76-36(4)65)46(35(43)3)58(61,6)7/h11-29,43-45,47-50,52,67,74H,9-10,30-34H2,1-8H3,(H,62,69)(H,63,70)/t43-,44-,45+,47-,48+,49+,50-,52-,59+,60-,61+/m0/s1. The van der Waals surface area contributed by atoms with Crippen LogP contribution in [0.1, 0.15) is 121 Å². The van der Waals surface area contributed by atoms with Crippen LogP contribution in [0, 0.1) is 16.7 Å². The number of carbonyl (C=O) groups is 8. The van der Waals surface area contributed by atoms with E-state index in [2.05, 4.69) is 15.5 Å². The maximum atomic E-state index is 15.9. The molecule has 2 saturated carbocycles. The van der Waals surface area contributed by atoms with Gasteiger partial charge in [0.1, 0.15) is 30.0 Å². The molecule has 3 fully saturated rings. The number of ketones is 1. The van der Waals surface area contributed by atoms with E-state index in [-0.39, 0.29) is 52.3 Å². The number of fused-ring (bicyclic) bond motifs is 5. The van der Waals surface area contributed by atoms with E-state index in [0.29, 0.717) is 18.7 Å². The summed E-state index contributed by atoms with van der Waals surface area (Å²) in [5, 5.41) is 32.1. The Kier molecular flexibility index (Phi) is 17.3. The van der Waals surface area contributed by atoms with Crippen molar-refractivity contribution < 1.29 is 77.0 Å². The van der Waals surface area contributed by atoms with Crippen LogP contribution in [-0.2, 0) is 47.6 Å². The van der Waals surface area contributed by atoms with Crippen LogP contribution in [0.2, 0.25) is 0 Å². The fraction of sp³-hybridized carbons (Fsp3) is 0.443. The fourth-order valence-corrected chi connectivity index (χ4v) is 12.2. The van der Waals surface area contributed by atoms with Gasteiger partial charge in [0.2, 0.25) is 6.10 Å². The number of aliphatic hydroxyl groups is 2. The summed E-state index contributed by atoms with van der Waals surface area (Å²) in [4.78, 5) is 116. The molecule has 4 N–H and O–H groups in total. The minimum atomic E-state index is -2.50. The van der Waals surface area contributed by atoms with Gasteiger partial charge in [-0.2, -0.15) is 0 Å². The molecule has 19 heteroatoms. The molecule has 4 aromatic carbocycles. The molecule has 2 amide bonds. The summed E-state index contributed by atoms with van der Waals surface area (Å²) in [5.41, 5.74) is -7.50. The highest BCUT2D eigenvalue weighted by Gasteiger charge is 2.78. The number of amides is 2. The van der Waals surface area contributed by atoms with Crippen LogP contribution < -0.4 is 10.6 Å². The third kappa shape index (κ3) is 11.0. The molecule has 424 valence electrons. The number of ether oxygens (including phenoxy) is 6. The predicted molar refractivity (Wildman–Crippen MR) is 287 cm³/mol. The van der Waals surface area contributed by atoms with Crippen LogP contribution in [0.4, 0.5) is 0 Å². The Morgan fingerprint density at radius 2 is 1.30 bits per heavy atom. The summed E-state index contributed by atoms with van der Waals surface area (Å²) in [6.45, 7) is 14.5. The van der Waals surface area contributed by atoms with Crippen molar-refractivity contribution >= 4 is 47.4 Å². The summed E-state index contributed by atoms with van der Waals surface area (Å²) in [7, 11) is 0. The lowest BCUT2D eigenvalue weighted by atomic mass is 9.44. The quantitative estimate of drug-likeness (QED) is 0.0531. The lowest BCUT2D eigenvalue weighted by molar-refractivity contribution is -0.346. The molecule has 0 spiro atoms. The zero-order chi connectivity index (χ0) is 57.9. The van der Waals surface area contributed by atoms with Gasteiger partial charge in [-0.15, -0.1) is 0 Å². The van der Waals surface area contributed by atoms with Crippen molar-refractivity contribution in [3.8, 4) is 0 Å². The largest absolute Gasteiger partial charge is 0.455 e. The van der Waals surface area contributed by atoms with Gasteiger partial charge in [-0.05, 0) is 92.2 Å². The SMILES string of the molecule is CCN(CC)CCNC(=O)c1ccc(C(=O)O[C@@H](C(=O)O[C@H]2C[C@@]3(O)[C@@H](OC(=O)c4ccccc4)[C@@H]4[C@]5(OC(C)=O)CO[C@@H]5C[C@H](O)[C@@]4(C)C(=O)[C@H](OC(C)=O)C(=C2C)C3(C)C)[C@@H](NC(=O)c2ccccc2)c2ccccc2)cc1. The molecular weight excluding hydrogens is 1030 g/mol. The van der Waals surface area contributed by atoms with Crippen molar-refractivity contribution in [2.24, 2.45) is 16.7 Å². The molecule has 0 aromatic heterocycles. The van der Waals surface area contributed by atoms with E-state index in [1.807, 2.05) is 13.8 Å². The third-order valence-corrected chi connectivity index (χ3v) is 16.7. The highest BCUT2D eigenvalue weighted by atomic mass is 16.6. The lowest BCUT2D eigenvalue weighted by Crippen LogP contribution is -2.82. The van der Waals surface area contributed by atoms with Gasteiger partial charge in [0.15, 0.2) is 17.5 Å². The second-order valence-electron chi connectivity index (χ2n) is 21.6. The van der Waals surface area contributed by atoms with Crippen molar-refractivity contribution in [2.45, 2.75) is 122 Å². The van der Waals surface area contributed by atoms with Crippen LogP contribution in [0.5, 0.6) is 0 Å². The van der Waals surface area contributed by atoms with Crippen molar-refractivity contribution in [3.05, 3.63) is 154 Å². The maximum Gasteiger partial charge on any atom is 0.350 e. The Balaban J connectivity index is 1.26. The Bertz CT molecular complexity index is 3020. The van der Waals surface area contributed by atoms with E-state index < -0.39 is 119 Å². The first-order chi connectivity index (χ1) is 38.0. The molecule has 19 nitrogen and oxygen atoms in total. The summed E-state index contributed by atoms with van der Waals surface area (Å²) < 4.78 is 37.2. The number of rotatable bonds is 18. The number of likely N-dealkylation sites (N-methyl/N-ethyl adjacent to an activating group) is 1. The van der Waals surface area contributed by atoms with Gasteiger partial charge in [-0.3, -0.25) is 24.0 Å². The molecule has 80 heavy (non-hydrogen) atoms. The first kappa shape index (κ1) is 58.6. The summed E-state index contributed by atoms with van der Waals surface area (Å²) in [6, 6.07) is 28.1. The van der Waals surface area contributed by atoms with E-state index in [1.165, 1.54) is 50.2 Å². The smallest absolute Gasteiger partial charge is 0.350 e. The van der Waals surface area contributed by atoms with Gasteiger partial charge in [0.05, 0.1) is 35.2 Å². The van der Waals surface area contributed by atoms with Crippen molar-refractivity contribution in [3.63, 3.8) is 0 Å². The Hall–Kier alpha value is -7.58. The minimum Gasteiger partial charge on any atom is -0.455 e. The van der Waals surface area contributed by atoms with Crippen LogP contribution in [0.3, 0.4) is 0 Å². The minimum absolute atomic E-state index is 0.0322. The fourth-order valence-electron chi connectivity index (χ4n) is 12.2. The number of aliphatic hydroxyl groups excluding tert-OH is 1. The number of Topliss-reactive ketones (excluding diaryl/α,β-unsaturated/α-hetero) is 1. The Morgan fingerprint density at radius 1 is 0.738 bits per heavy atom. The number of nitrogens with zero attached hydrogens (tertiary/aromatic N) is 1. The summed E-state index contributed by atoms with van der Waals surface area (Å²) in [6.07, 6.45) is -11.1. The predicted octanol–water partition coefficient (Wildman–Crippen LogP) is 5.67. The van der Waals surface area contributed by atoms with Crippen LogP contribution in [0.25, 0.3) is 0 Å². The van der Waals surface area contributed by atoms with Gasteiger partial charge in [0.25, 0.3) is 11.8 Å². The van der Waals surface area contributed by atoms with Crippen molar-refractivity contribution in [1.82, 2.24) is 15.5 Å². The number of carbonyl (C=O) groups excluding carboxylic acids is 8. The molecular formula is C61H69N3O16. The molecule has 8 rings (SSSR count). The molecule has 2 bridgehead atoms. The third-order valence-electron chi connectivity index (χ3n) is 16.7. The van der Waals surface area contributed by atoms with E-state index in [0.717, 1.165) is 26.9 Å². The van der Waals surface area contributed by atoms with Crippen LogP contribution in [0.15, 0.2) is 126 Å². The van der Waals surface area contributed by atoms with E-state index >= 15 is 9.59 Å². The van der Waals surface area contributed by atoms with Crippen molar-refractivity contribution in [2.75, 3.05) is 32.8 Å². The highest BCUT2D eigenvalue weighted by molar-refractivity contribution is 5.98. The Labute approximate surface area is 464 Å². The summed E-state index contributed by atoms with van der Waals surface area (Å²) >= 11 is 0. The molecule has 0 unspecified atom stereocenters. The second-order valence-corrected chi connectivity index (χ2v) is 21.6. The topological polar surface area (TPSA) is 260 Å². The Morgan fingerprint density at radius 3 is 1.86 bits per heavy atom. The normalized spacial score (nSPS) is 27.2. The molecule has 1 aliphatic heterocycles. The first-order valence-corrected chi connectivity index (χ1v) is 26.9. The van der Waals surface area contributed by atoms with Gasteiger partial charge in [-0.1, -0.05) is 94.4 Å². The zero-order valence-electron chi connectivity index (χ0n) is 46.1. The molecule has 4 aliphatic rings. The number of hydrogen-bond donors (Lipinski definition) is 4. The monoisotopic (exact) mass is 1100 g/mol. The van der Waals surface area contributed by atoms with E-state index in [9.17, 15) is 39.0 Å². The van der Waals surface area contributed by atoms with Crippen LogP contribution in [-0.4, -0.2) is 143 Å². The summed E-state index contributed by atoms with van der Waals surface area (Å²) in [5.74, 6) is -8.62. The first-order valence-electron chi connectivity index (χ1n) is 26.9. The van der Waals surface area contributed by atoms with Gasteiger partial charge < -0.3 is 54.2 Å². The molecule has 3 aliphatic carbocycles.